The first kappa shape index (κ1) is 20.1. The summed E-state index contributed by atoms with van der Waals surface area (Å²) < 4.78 is 7.50. The third kappa shape index (κ3) is 4.32. The average molecular weight is 437 g/mol. The molecular weight excluding hydrogens is 412 g/mol. The monoisotopic (exact) mass is 436 g/mol. The van der Waals surface area contributed by atoms with Crippen molar-refractivity contribution < 1.29 is 9.94 Å². The summed E-state index contributed by atoms with van der Waals surface area (Å²) in [6.07, 6.45) is 9.69. The van der Waals surface area contributed by atoms with Crippen LogP contribution in [0.25, 0.3) is 10.9 Å². The van der Waals surface area contributed by atoms with Gasteiger partial charge in [-0.2, -0.15) is 0 Å². The molecule has 0 fully saturated rings. The molecule has 2 aromatic carbocycles. The number of nitrogens with zero attached hydrogens (tertiary/aromatic N) is 3. The summed E-state index contributed by atoms with van der Waals surface area (Å²) in [6.45, 7) is 0.376. The SMILES string of the molecule is ON(COc1ccc(C2CCCCc3c2[nH]c2ccc(Cl)cc32)cc1)Cn1ccnc1. The first-order chi connectivity index (χ1) is 15.2. The van der Waals surface area contributed by atoms with Gasteiger partial charge in [0.2, 0.25) is 0 Å². The number of aryl methyl sites for hydroxylation is 1. The molecule has 1 unspecified atom stereocenters. The van der Waals surface area contributed by atoms with E-state index in [1.807, 2.05) is 18.2 Å². The lowest BCUT2D eigenvalue weighted by molar-refractivity contribution is -0.156. The van der Waals surface area contributed by atoms with Gasteiger partial charge in [-0.15, -0.1) is 5.06 Å². The van der Waals surface area contributed by atoms with E-state index < -0.39 is 0 Å². The van der Waals surface area contributed by atoms with E-state index in [9.17, 15) is 5.21 Å². The average Bonchev–Trinajstić information content (AvgIpc) is 3.35. The van der Waals surface area contributed by atoms with Gasteiger partial charge in [0.05, 0.1) is 6.33 Å². The molecule has 0 aliphatic heterocycles. The second kappa shape index (κ2) is 8.75. The van der Waals surface area contributed by atoms with Crippen molar-refractivity contribution in [2.45, 2.75) is 38.3 Å². The first-order valence-corrected chi connectivity index (χ1v) is 11.0. The van der Waals surface area contributed by atoms with Crippen LogP contribution in [0.1, 0.15) is 42.0 Å². The summed E-state index contributed by atoms with van der Waals surface area (Å²) >= 11 is 6.27. The summed E-state index contributed by atoms with van der Waals surface area (Å²) in [4.78, 5) is 7.63. The predicted octanol–water partition coefficient (Wildman–Crippen LogP) is 5.56. The Bertz CT molecular complexity index is 1150. The van der Waals surface area contributed by atoms with Crippen LogP contribution in [-0.4, -0.2) is 31.5 Å². The molecule has 0 amide bonds. The molecule has 2 N–H and O–H groups in total. The second-order valence-corrected chi connectivity index (χ2v) is 8.51. The lowest BCUT2D eigenvalue weighted by atomic mass is 9.91. The van der Waals surface area contributed by atoms with Crippen LogP contribution in [0.2, 0.25) is 5.02 Å². The minimum atomic E-state index is 0.0773. The van der Waals surface area contributed by atoms with Crippen molar-refractivity contribution in [1.82, 2.24) is 19.6 Å². The molecule has 4 aromatic rings. The number of halogens is 1. The van der Waals surface area contributed by atoms with Gasteiger partial charge in [-0.25, -0.2) is 4.98 Å². The number of hydroxylamine groups is 2. The summed E-state index contributed by atoms with van der Waals surface area (Å²) in [7, 11) is 0. The van der Waals surface area contributed by atoms with Gasteiger partial charge < -0.3 is 19.5 Å². The van der Waals surface area contributed by atoms with Crippen LogP contribution >= 0.6 is 11.6 Å². The van der Waals surface area contributed by atoms with E-state index in [0.717, 1.165) is 34.2 Å². The highest BCUT2D eigenvalue weighted by Gasteiger charge is 2.24. The molecule has 0 spiro atoms. The number of imidazole rings is 1. The summed E-state index contributed by atoms with van der Waals surface area (Å²) in [6, 6.07) is 14.3. The third-order valence-electron chi connectivity index (χ3n) is 5.97. The van der Waals surface area contributed by atoms with Crippen molar-refractivity contribution in [3.8, 4) is 5.75 Å². The smallest absolute Gasteiger partial charge is 0.165 e. The Morgan fingerprint density at radius 3 is 2.87 bits per heavy atom. The number of aromatic amines is 1. The van der Waals surface area contributed by atoms with Gasteiger partial charge in [0, 0.05) is 39.9 Å². The third-order valence-corrected chi connectivity index (χ3v) is 6.20. The first-order valence-electron chi connectivity index (χ1n) is 10.6. The number of fused-ring (bicyclic) bond motifs is 3. The van der Waals surface area contributed by atoms with Crippen molar-refractivity contribution in [1.29, 1.82) is 0 Å². The van der Waals surface area contributed by atoms with Crippen LogP contribution in [0.3, 0.4) is 0 Å². The molecule has 7 heteroatoms. The van der Waals surface area contributed by atoms with Crippen molar-refractivity contribution in [2.24, 2.45) is 0 Å². The van der Waals surface area contributed by atoms with Gasteiger partial charge in [-0.1, -0.05) is 30.2 Å². The molecule has 0 bridgehead atoms. The fraction of sp³-hybridized carbons (Fsp3) is 0.292. The number of hydrogen-bond donors (Lipinski definition) is 2. The number of benzene rings is 2. The lowest BCUT2D eigenvalue weighted by Gasteiger charge is -2.18. The number of ether oxygens (including phenoxy) is 1. The Hall–Kier alpha value is -2.80. The lowest BCUT2D eigenvalue weighted by Crippen LogP contribution is -2.26. The van der Waals surface area contributed by atoms with Gasteiger partial charge in [0.15, 0.2) is 6.73 Å². The number of nitrogens with one attached hydrogen (secondary N) is 1. The van der Waals surface area contributed by atoms with Crippen LogP contribution in [0.15, 0.2) is 61.2 Å². The molecule has 6 nitrogen and oxygen atoms in total. The zero-order chi connectivity index (χ0) is 21.2. The fourth-order valence-corrected chi connectivity index (χ4v) is 4.65. The topological polar surface area (TPSA) is 66.3 Å². The Morgan fingerprint density at radius 1 is 1.19 bits per heavy atom. The largest absolute Gasteiger partial charge is 0.476 e. The molecule has 1 aliphatic rings. The van der Waals surface area contributed by atoms with Gasteiger partial charge >= 0.3 is 0 Å². The molecule has 0 radical (unpaired) electrons. The summed E-state index contributed by atoms with van der Waals surface area (Å²) in [5.41, 5.74) is 5.13. The van der Waals surface area contributed by atoms with E-state index in [1.165, 1.54) is 35.0 Å². The number of aromatic nitrogens is 3. The maximum absolute atomic E-state index is 10.0. The molecule has 31 heavy (non-hydrogen) atoms. The zero-order valence-electron chi connectivity index (χ0n) is 17.2. The van der Waals surface area contributed by atoms with Crippen molar-refractivity contribution in [2.75, 3.05) is 6.73 Å². The second-order valence-electron chi connectivity index (χ2n) is 8.07. The van der Waals surface area contributed by atoms with Crippen LogP contribution in [-0.2, 0) is 13.1 Å². The molecule has 5 rings (SSSR count). The van der Waals surface area contributed by atoms with E-state index in [2.05, 4.69) is 34.2 Å². The highest BCUT2D eigenvalue weighted by molar-refractivity contribution is 6.31. The van der Waals surface area contributed by atoms with Gasteiger partial charge in [0.25, 0.3) is 0 Å². The molecule has 1 atom stereocenters. The Labute approximate surface area is 186 Å². The van der Waals surface area contributed by atoms with Crippen LogP contribution in [0.5, 0.6) is 5.75 Å². The van der Waals surface area contributed by atoms with Crippen molar-refractivity contribution in [3.05, 3.63) is 83.0 Å². The Balaban J connectivity index is 1.32. The molecule has 2 heterocycles. The van der Waals surface area contributed by atoms with Crippen LogP contribution in [0.4, 0.5) is 0 Å². The minimum Gasteiger partial charge on any atom is -0.476 e. The summed E-state index contributed by atoms with van der Waals surface area (Å²) in [5, 5.41) is 13.1. The number of hydrogen-bond acceptors (Lipinski definition) is 4. The number of H-pyrrole nitrogens is 1. The fourth-order valence-electron chi connectivity index (χ4n) is 4.48. The minimum absolute atomic E-state index is 0.0773. The van der Waals surface area contributed by atoms with Crippen molar-refractivity contribution >= 4 is 22.5 Å². The van der Waals surface area contributed by atoms with Gasteiger partial charge in [-0.05, 0) is 60.7 Å². The van der Waals surface area contributed by atoms with E-state index in [-0.39, 0.29) is 6.73 Å². The van der Waals surface area contributed by atoms with Gasteiger partial charge in [-0.3, -0.25) is 0 Å². The molecular formula is C24H25ClN4O2. The van der Waals surface area contributed by atoms with Crippen LogP contribution < -0.4 is 4.74 Å². The molecule has 1 aliphatic carbocycles. The predicted molar refractivity (Wildman–Crippen MR) is 120 cm³/mol. The summed E-state index contributed by atoms with van der Waals surface area (Å²) in [5.74, 6) is 1.05. The van der Waals surface area contributed by atoms with E-state index >= 15 is 0 Å². The van der Waals surface area contributed by atoms with E-state index in [4.69, 9.17) is 16.3 Å². The van der Waals surface area contributed by atoms with Crippen molar-refractivity contribution in [3.63, 3.8) is 0 Å². The number of rotatable bonds is 6. The quantitative estimate of drug-likeness (QED) is 0.236. The van der Waals surface area contributed by atoms with E-state index in [0.29, 0.717) is 12.6 Å². The normalized spacial score (nSPS) is 16.4. The molecule has 0 saturated heterocycles. The molecule has 0 saturated carbocycles. The van der Waals surface area contributed by atoms with E-state index in [1.54, 1.807) is 23.3 Å². The Kier molecular flexibility index (Phi) is 5.68. The highest BCUT2D eigenvalue weighted by Crippen LogP contribution is 2.39. The molecule has 160 valence electrons. The van der Waals surface area contributed by atoms with Gasteiger partial charge in [0.1, 0.15) is 12.4 Å². The standard InChI is InChI=1S/C24H25ClN4O2/c25-18-7-10-23-22(13-18)21-4-2-1-3-20(24(21)27-23)17-5-8-19(9-6-17)31-16-29(30)15-28-12-11-26-14-28/h5-14,20,27,30H,1-4,15-16H2. The van der Waals surface area contributed by atoms with Crippen LogP contribution in [0, 0.1) is 0 Å². The molecule has 2 aromatic heterocycles. The zero-order valence-corrected chi connectivity index (χ0v) is 17.9. The maximum Gasteiger partial charge on any atom is 0.165 e. The highest BCUT2D eigenvalue weighted by atomic mass is 35.5. The maximum atomic E-state index is 10.0. The Morgan fingerprint density at radius 2 is 2.06 bits per heavy atom.